The summed E-state index contributed by atoms with van der Waals surface area (Å²) in [6.45, 7) is 5.25. The molecule has 1 fully saturated rings. The van der Waals surface area contributed by atoms with Gasteiger partial charge in [0.1, 0.15) is 0 Å². The highest BCUT2D eigenvalue weighted by Crippen LogP contribution is 2.22. The molecule has 18 heavy (non-hydrogen) atoms. The molecule has 106 valence electrons. The molecule has 1 aliphatic rings. The lowest BCUT2D eigenvalue weighted by molar-refractivity contribution is 0.246. The van der Waals surface area contributed by atoms with Crippen LogP contribution in [0.15, 0.2) is 0 Å². The Morgan fingerprint density at radius 2 is 2.17 bits per heavy atom. The third kappa shape index (κ3) is 3.88. The highest BCUT2D eigenvalue weighted by atomic mass is 32.2. The van der Waals surface area contributed by atoms with Crippen LogP contribution in [-0.4, -0.2) is 47.7 Å². The van der Waals surface area contributed by atoms with Crippen molar-refractivity contribution in [3.05, 3.63) is 0 Å². The number of piperidine rings is 1. The summed E-state index contributed by atoms with van der Waals surface area (Å²) in [4.78, 5) is 0.357. The SMILES string of the molecule is CCN(CCC(N)=S)S(=O)(=O)N1CCCCC1C. The molecule has 7 heteroatoms. The molecule has 0 radical (unpaired) electrons. The Morgan fingerprint density at radius 3 is 2.67 bits per heavy atom. The van der Waals surface area contributed by atoms with Gasteiger partial charge in [0, 0.05) is 32.1 Å². The van der Waals surface area contributed by atoms with Gasteiger partial charge in [-0.15, -0.1) is 0 Å². The average Bonchev–Trinajstić information content (AvgIpc) is 2.29. The fourth-order valence-electron chi connectivity index (χ4n) is 2.23. The molecule has 0 aromatic rings. The normalized spacial score (nSPS) is 22.3. The van der Waals surface area contributed by atoms with Crippen LogP contribution in [0.25, 0.3) is 0 Å². The van der Waals surface area contributed by atoms with Gasteiger partial charge in [-0.25, -0.2) is 0 Å². The van der Waals surface area contributed by atoms with Crippen molar-refractivity contribution in [2.45, 2.75) is 45.6 Å². The molecule has 1 saturated heterocycles. The molecule has 0 amide bonds. The van der Waals surface area contributed by atoms with E-state index >= 15 is 0 Å². The average molecular weight is 293 g/mol. The van der Waals surface area contributed by atoms with Crippen LogP contribution < -0.4 is 5.73 Å². The Labute approximate surface area is 115 Å². The van der Waals surface area contributed by atoms with E-state index in [0.29, 0.717) is 31.0 Å². The maximum absolute atomic E-state index is 12.5. The quantitative estimate of drug-likeness (QED) is 0.745. The van der Waals surface area contributed by atoms with Gasteiger partial charge >= 0.3 is 0 Å². The first-order chi connectivity index (χ1) is 8.39. The monoisotopic (exact) mass is 293 g/mol. The second-order valence-corrected chi connectivity index (χ2v) is 7.08. The van der Waals surface area contributed by atoms with Crippen molar-refractivity contribution < 1.29 is 8.42 Å². The molecule has 1 unspecified atom stereocenters. The third-order valence-electron chi connectivity index (χ3n) is 3.32. The highest BCUT2D eigenvalue weighted by molar-refractivity contribution is 7.86. The molecular weight excluding hydrogens is 270 g/mol. The van der Waals surface area contributed by atoms with Gasteiger partial charge < -0.3 is 5.73 Å². The first-order valence-corrected chi connectivity index (χ1v) is 8.25. The lowest BCUT2D eigenvalue weighted by Gasteiger charge is -2.36. The Bertz CT molecular complexity index is 384. The zero-order valence-electron chi connectivity index (χ0n) is 11.1. The zero-order valence-corrected chi connectivity index (χ0v) is 12.8. The lowest BCUT2D eigenvalue weighted by atomic mass is 10.1. The molecule has 1 aliphatic heterocycles. The summed E-state index contributed by atoms with van der Waals surface area (Å²) in [5.41, 5.74) is 5.44. The Balaban J connectivity index is 2.77. The van der Waals surface area contributed by atoms with Crippen LogP contribution >= 0.6 is 12.2 Å². The standard InChI is InChI=1S/C11H23N3O2S2/c1-3-13(9-7-11(12)17)18(15,16)14-8-5-4-6-10(14)2/h10H,3-9H2,1-2H3,(H2,12,17). The van der Waals surface area contributed by atoms with Crippen LogP contribution in [0.1, 0.15) is 39.5 Å². The third-order valence-corrected chi connectivity index (χ3v) is 5.76. The van der Waals surface area contributed by atoms with Gasteiger partial charge in [0.15, 0.2) is 0 Å². The fourth-order valence-corrected chi connectivity index (χ4v) is 4.19. The smallest absolute Gasteiger partial charge is 0.282 e. The first-order valence-electron chi connectivity index (χ1n) is 6.44. The molecule has 5 nitrogen and oxygen atoms in total. The van der Waals surface area contributed by atoms with E-state index < -0.39 is 10.2 Å². The molecular formula is C11H23N3O2S2. The van der Waals surface area contributed by atoms with Crippen LogP contribution in [0, 0.1) is 0 Å². The summed E-state index contributed by atoms with van der Waals surface area (Å²) in [5.74, 6) is 0. The second kappa shape index (κ2) is 6.79. The fraction of sp³-hybridized carbons (Fsp3) is 0.909. The Kier molecular flexibility index (Phi) is 5.97. The second-order valence-electron chi connectivity index (χ2n) is 4.67. The molecule has 0 saturated carbocycles. The number of thiocarbonyl (C=S) groups is 1. The van der Waals surface area contributed by atoms with E-state index in [4.69, 9.17) is 18.0 Å². The number of hydrogen-bond donors (Lipinski definition) is 1. The molecule has 0 spiro atoms. The van der Waals surface area contributed by atoms with E-state index in [2.05, 4.69) is 0 Å². The molecule has 1 heterocycles. The lowest BCUT2D eigenvalue weighted by Crippen LogP contribution is -2.50. The van der Waals surface area contributed by atoms with Crippen LogP contribution in [0.3, 0.4) is 0 Å². The summed E-state index contributed by atoms with van der Waals surface area (Å²) >= 11 is 4.81. The van der Waals surface area contributed by atoms with E-state index in [1.54, 1.807) is 4.31 Å². The van der Waals surface area contributed by atoms with Gasteiger partial charge in [-0.2, -0.15) is 17.0 Å². The summed E-state index contributed by atoms with van der Waals surface area (Å²) in [7, 11) is -3.37. The minimum atomic E-state index is -3.37. The predicted octanol–water partition coefficient (Wildman–Crippen LogP) is 1.10. The Morgan fingerprint density at radius 1 is 1.50 bits per heavy atom. The van der Waals surface area contributed by atoms with Crippen LogP contribution in [0.4, 0.5) is 0 Å². The maximum atomic E-state index is 12.5. The zero-order chi connectivity index (χ0) is 13.8. The van der Waals surface area contributed by atoms with Gasteiger partial charge in [-0.05, 0) is 19.8 Å². The molecule has 0 bridgehead atoms. The molecule has 1 rings (SSSR count). The topological polar surface area (TPSA) is 66.6 Å². The van der Waals surface area contributed by atoms with Crippen molar-refractivity contribution in [1.29, 1.82) is 0 Å². The van der Waals surface area contributed by atoms with Crippen molar-refractivity contribution in [1.82, 2.24) is 8.61 Å². The van der Waals surface area contributed by atoms with Crippen LogP contribution in [0.5, 0.6) is 0 Å². The largest absolute Gasteiger partial charge is 0.393 e. The number of nitrogens with two attached hydrogens (primary N) is 1. The van der Waals surface area contributed by atoms with Gasteiger partial charge in [-0.1, -0.05) is 25.6 Å². The van der Waals surface area contributed by atoms with Crippen molar-refractivity contribution in [2.24, 2.45) is 5.73 Å². The molecule has 0 aromatic heterocycles. The van der Waals surface area contributed by atoms with Gasteiger partial charge in [0.2, 0.25) is 0 Å². The molecule has 0 aliphatic carbocycles. The van der Waals surface area contributed by atoms with Crippen molar-refractivity contribution >= 4 is 27.4 Å². The van der Waals surface area contributed by atoms with Gasteiger partial charge in [-0.3, -0.25) is 0 Å². The predicted molar refractivity (Wildman–Crippen MR) is 77.6 cm³/mol. The van der Waals surface area contributed by atoms with E-state index in [-0.39, 0.29) is 6.04 Å². The summed E-state index contributed by atoms with van der Waals surface area (Å²) in [5, 5.41) is 0. The van der Waals surface area contributed by atoms with Crippen LogP contribution in [0.2, 0.25) is 0 Å². The Hall–Kier alpha value is -0.240. The van der Waals surface area contributed by atoms with Gasteiger partial charge in [0.05, 0.1) is 4.99 Å². The van der Waals surface area contributed by atoms with Gasteiger partial charge in [0.25, 0.3) is 10.2 Å². The first kappa shape index (κ1) is 15.8. The van der Waals surface area contributed by atoms with Crippen molar-refractivity contribution in [2.75, 3.05) is 19.6 Å². The summed E-state index contributed by atoms with van der Waals surface area (Å²) < 4.78 is 28.1. The molecule has 1 atom stereocenters. The minimum absolute atomic E-state index is 0.0858. The molecule has 0 aromatic carbocycles. The summed E-state index contributed by atoms with van der Waals surface area (Å²) in [6.07, 6.45) is 3.42. The number of hydrogen-bond acceptors (Lipinski definition) is 3. The van der Waals surface area contributed by atoms with E-state index in [0.717, 1.165) is 19.3 Å². The van der Waals surface area contributed by atoms with E-state index in [1.807, 2.05) is 13.8 Å². The number of rotatable bonds is 6. The maximum Gasteiger partial charge on any atom is 0.282 e. The van der Waals surface area contributed by atoms with Crippen molar-refractivity contribution in [3.8, 4) is 0 Å². The number of nitrogens with zero attached hydrogens (tertiary/aromatic N) is 2. The highest BCUT2D eigenvalue weighted by Gasteiger charge is 2.33. The van der Waals surface area contributed by atoms with E-state index in [1.165, 1.54) is 4.31 Å². The minimum Gasteiger partial charge on any atom is -0.393 e. The van der Waals surface area contributed by atoms with E-state index in [9.17, 15) is 8.42 Å². The van der Waals surface area contributed by atoms with Crippen LogP contribution in [-0.2, 0) is 10.2 Å². The molecule has 2 N–H and O–H groups in total. The van der Waals surface area contributed by atoms with Crippen molar-refractivity contribution in [3.63, 3.8) is 0 Å². The summed E-state index contributed by atoms with van der Waals surface area (Å²) in [6, 6.07) is 0.0858.